The number of carbonyl (C=O) groups is 1. The van der Waals surface area contributed by atoms with Gasteiger partial charge in [0.05, 0.1) is 12.9 Å². The molecule has 3 rings (SSSR count). The molecule has 0 atom stereocenters. The summed E-state index contributed by atoms with van der Waals surface area (Å²) in [5.74, 6) is 0.376. The number of aromatic nitrogens is 2. The van der Waals surface area contributed by atoms with Crippen molar-refractivity contribution in [1.82, 2.24) is 14.3 Å². The van der Waals surface area contributed by atoms with Crippen molar-refractivity contribution in [2.75, 3.05) is 6.61 Å². The minimum absolute atomic E-state index is 0. The molecular formula is C23H30N3NaO4S2. The maximum absolute atomic E-state index is 13.0. The fourth-order valence-corrected chi connectivity index (χ4v) is 6.04. The van der Waals surface area contributed by atoms with Gasteiger partial charge in [0, 0.05) is 29.4 Å². The van der Waals surface area contributed by atoms with Crippen LogP contribution in [0.5, 0.6) is 0 Å². The monoisotopic (exact) mass is 499 g/mol. The van der Waals surface area contributed by atoms with E-state index in [4.69, 9.17) is 4.74 Å². The van der Waals surface area contributed by atoms with Gasteiger partial charge < -0.3 is 9.30 Å². The predicted molar refractivity (Wildman–Crippen MR) is 133 cm³/mol. The van der Waals surface area contributed by atoms with Crippen molar-refractivity contribution in [3.05, 3.63) is 59.5 Å². The quantitative estimate of drug-likeness (QED) is 0.329. The van der Waals surface area contributed by atoms with Crippen molar-refractivity contribution >= 4 is 57.0 Å². The molecular weight excluding hydrogens is 469 g/mol. The van der Waals surface area contributed by atoms with E-state index in [1.54, 1.807) is 12.5 Å². The van der Waals surface area contributed by atoms with Crippen LogP contribution in [0.4, 0.5) is 4.79 Å². The minimum atomic E-state index is -4.06. The van der Waals surface area contributed by atoms with Crippen LogP contribution in [0.3, 0.4) is 0 Å². The standard InChI is InChI=1S/C23H29N3O4S2.Na.H/c1-4-5-12-30-23(27)25-32(28,29)22-21(14-20(31-22)13-17(2)3)19-8-6-18(7-9-19)15-26-11-10-24-16-26;;/h6-11,14,16-17H,4-5,12-13,15H2,1-3H3,(H,25,27);;. The molecule has 1 aromatic carbocycles. The van der Waals surface area contributed by atoms with Crippen LogP contribution in [0.15, 0.2) is 53.3 Å². The molecule has 1 N–H and O–H groups in total. The second-order valence-corrected chi connectivity index (χ2v) is 11.1. The molecule has 174 valence electrons. The SMILES string of the molecule is CCCCOC(=O)NS(=O)(=O)c1sc(CC(C)C)cc1-c1ccc(Cn2ccnc2)cc1.[NaH]. The van der Waals surface area contributed by atoms with E-state index in [9.17, 15) is 13.2 Å². The van der Waals surface area contributed by atoms with Crippen molar-refractivity contribution in [3.63, 3.8) is 0 Å². The van der Waals surface area contributed by atoms with Gasteiger partial charge in [-0.2, -0.15) is 0 Å². The first-order chi connectivity index (χ1) is 15.3. The van der Waals surface area contributed by atoms with Crippen LogP contribution in [0.2, 0.25) is 0 Å². The van der Waals surface area contributed by atoms with Crippen molar-refractivity contribution in [2.45, 2.75) is 50.8 Å². The molecule has 0 bridgehead atoms. The molecule has 0 aliphatic carbocycles. The van der Waals surface area contributed by atoms with Gasteiger partial charge in [0.15, 0.2) is 0 Å². The third-order valence-corrected chi connectivity index (χ3v) is 7.74. The van der Waals surface area contributed by atoms with Gasteiger partial charge in [0.25, 0.3) is 10.0 Å². The molecule has 0 spiro atoms. The molecule has 0 aliphatic heterocycles. The summed E-state index contributed by atoms with van der Waals surface area (Å²) >= 11 is 1.20. The molecule has 0 radical (unpaired) electrons. The van der Waals surface area contributed by atoms with E-state index in [1.165, 1.54) is 11.3 Å². The Bertz CT molecular complexity index is 1130. The Hall–Kier alpha value is -1.65. The Balaban J connectivity index is 0.00000385. The van der Waals surface area contributed by atoms with Gasteiger partial charge in [0.2, 0.25) is 0 Å². The first-order valence-electron chi connectivity index (χ1n) is 10.7. The third kappa shape index (κ3) is 7.96. The topological polar surface area (TPSA) is 90.3 Å². The second-order valence-electron chi connectivity index (χ2n) is 8.04. The van der Waals surface area contributed by atoms with E-state index in [2.05, 4.69) is 23.6 Å². The maximum atomic E-state index is 13.0. The van der Waals surface area contributed by atoms with Crippen molar-refractivity contribution in [1.29, 1.82) is 0 Å². The average molecular weight is 500 g/mol. The number of rotatable bonds is 10. The number of imidazole rings is 1. The summed E-state index contributed by atoms with van der Waals surface area (Å²) in [4.78, 5) is 17.0. The molecule has 33 heavy (non-hydrogen) atoms. The van der Waals surface area contributed by atoms with Gasteiger partial charge in [-0.1, -0.05) is 51.5 Å². The number of carbonyl (C=O) groups excluding carboxylic acids is 1. The van der Waals surface area contributed by atoms with E-state index < -0.39 is 16.1 Å². The predicted octanol–water partition coefficient (Wildman–Crippen LogP) is 4.42. The van der Waals surface area contributed by atoms with Gasteiger partial charge in [0.1, 0.15) is 4.21 Å². The van der Waals surface area contributed by atoms with Gasteiger partial charge in [-0.05, 0) is 36.0 Å². The van der Waals surface area contributed by atoms with Crippen molar-refractivity contribution in [3.8, 4) is 11.1 Å². The number of nitrogens with zero attached hydrogens (tertiary/aromatic N) is 2. The molecule has 0 aliphatic rings. The number of sulfonamides is 1. The summed E-state index contributed by atoms with van der Waals surface area (Å²) in [6, 6.07) is 9.67. The molecule has 0 unspecified atom stereocenters. The molecule has 0 fully saturated rings. The molecule has 10 heteroatoms. The Kier molecular flexibility index (Phi) is 10.6. The Labute approximate surface area is 221 Å². The number of ether oxygens (including phenoxy) is 1. The Morgan fingerprint density at radius 1 is 1.24 bits per heavy atom. The van der Waals surface area contributed by atoms with Gasteiger partial charge >= 0.3 is 35.7 Å². The molecule has 0 saturated heterocycles. The number of hydrogen-bond acceptors (Lipinski definition) is 6. The zero-order chi connectivity index (χ0) is 23.1. The number of amides is 1. The molecule has 7 nitrogen and oxygen atoms in total. The van der Waals surface area contributed by atoms with Crippen LogP contribution < -0.4 is 4.72 Å². The number of hydrogen-bond donors (Lipinski definition) is 1. The summed E-state index contributed by atoms with van der Waals surface area (Å²) in [5, 5.41) is 0. The Morgan fingerprint density at radius 2 is 1.97 bits per heavy atom. The summed E-state index contributed by atoms with van der Waals surface area (Å²) < 4.78 is 35.2. The van der Waals surface area contributed by atoms with Crippen molar-refractivity contribution < 1.29 is 17.9 Å². The van der Waals surface area contributed by atoms with Crippen LogP contribution >= 0.6 is 11.3 Å². The van der Waals surface area contributed by atoms with E-state index in [0.29, 0.717) is 24.4 Å². The summed E-state index contributed by atoms with van der Waals surface area (Å²) in [7, 11) is -4.06. The van der Waals surface area contributed by atoms with Gasteiger partial charge in [-0.15, -0.1) is 11.3 Å². The van der Waals surface area contributed by atoms with Crippen molar-refractivity contribution in [2.24, 2.45) is 5.92 Å². The fourth-order valence-electron chi connectivity index (χ4n) is 3.20. The van der Waals surface area contributed by atoms with Crippen LogP contribution in [-0.4, -0.2) is 60.2 Å². The van der Waals surface area contributed by atoms with Crippen LogP contribution in [-0.2, 0) is 27.7 Å². The fraction of sp³-hybridized carbons (Fsp3) is 0.391. The van der Waals surface area contributed by atoms with Crippen LogP contribution in [0, 0.1) is 5.92 Å². The van der Waals surface area contributed by atoms with E-state index in [0.717, 1.165) is 28.8 Å². The van der Waals surface area contributed by atoms with E-state index >= 15 is 0 Å². The van der Waals surface area contributed by atoms with Gasteiger partial charge in [-0.3, -0.25) is 0 Å². The number of thiophene rings is 1. The first-order valence-corrected chi connectivity index (χ1v) is 13.0. The number of benzene rings is 1. The zero-order valence-electron chi connectivity index (χ0n) is 18.6. The number of unbranched alkanes of at least 4 members (excludes halogenated alkanes) is 1. The van der Waals surface area contributed by atoms with E-state index in [1.807, 2.05) is 48.0 Å². The van der Waals surface area contributed by atoms with Crippen LogP contribution in [0.25, 0.3) is 11.1 Å². The third-order valence-electron chi connectivity index (χ3n) is 4.74. The normalized spacial score (nSPS) is 11.3. The average Bonchev–Trinajstić information content (AvgIpc) is 3.38. The number of nitrogens with one attached hydrogen (secondary N) is 1. The van der Waals surface area contributed by atoms with Gasteiger partial charge in [-0.25, -0.2) is 22.9 Å². The second kappa shape index (κ2) is 12.7. The summed E-state index contributed by atoms with van der Waals surface area (Å²) in [6.07, 6.45) is 6.72. The van der Waals surface area contributed by atoms with Crippen LogP contribution in [0.1, 0.15) is 44.1 Å². The van der Waals surface area contributed by atoms with E-state index in [-0.39, 0.29) is 40.4 Å². The first kappa shape index (κ1) is 27.6. The summed E-state index contributed by atoms with van der Waals surface area (Å²) in [5.41, 5.74) is 2.45. The molecule has 3 aromatic rings. The molecule has 2 aromatic heterocycles. The molecule has 1 amide bonds. The molecule has 0 saturated carbocycles. The zero-order valence-corrected chi connectivity index (χ0v) is 20.2. The summed E-state index contributed by atoms with van der Waals surface area (Å²) in [6.45, 7) is 7.00. The molecule has 2 heterocycles. The Morgan fingerprint density at radius 3 is 2.58 bits per heavy atom.